The summed E-state index contributed by atoms with van der Waals surface area (Å²) in [5.41, 5.74) is 2.99. The van der Waals surface area contributed by atoms with Crippen LogP contribution >= 0.6 is 11.8 Å². The summed E-state index contributed by atoms with van der Waals surface area (Å²) in [7, 11) is 0. The highest BCUT2D eigenvalue weighted by Crippen LogP contribution is 2.27. The Hall–Kier alpha value is -2.07. The van der Waals surface area contributed by atoms with Crippen molar-refractivity contribution in [2.24, 2.45) is 5.41 Å². The van der Waals surface area contributed by atoms with Crippen LogP contribution in [0.4, 0.5) is 0 Å². The molecule has 3 nitrogen and oxygen atoms in total. The van der Waals surface area contributed by atoms with Crippen LogP contribution in [0.15, 0.2) is 59.8 Å². The number of fused-ring (bicyclic) bond motifs is 1. The molecule has 0 N–H and O–H groups in total. The molecule has 0 fully saturated rings. The number of thioether (sulfide) groups is 1. The first-order valence-electron chi connectivity index (χ1n) is 8.10. The zero-order valence-electron chi connectivity index (χ0n) is 14.3. The second-order valence-corrected chi connectivity index (χ2v) is 7.86. The first-order chi connectivity index (χ1) is 11.4. The molecule has 0 amide bonds. The zero-order chi connectivity index (χ0) is 17.2. The van der Waals surface area contributed by atoms with Crippen LogP contribution in [-0.2, 0) is 11.3 Å². The number of nitrogens with zero attached hydrogens (tertiary/aromatic N) is 2. The zero-order valence-corrected chi connectivity index (χ0v) is 15.1. The molecule has 0 atom stereocenters. The highest BCUT2D eigenvalue weighted by atomic mass is 32.2. The van der Waals surface area contributed by atoms with Gasteiger partial charge >= 0.3 is 0 Å². The molecule has 0 aliphatic carbocycles. The van der Waals surface area contributed by atoms with Gasteiger partial charge in [-0.15, -0.1) is 0 Å². The Morgan fingerprint density at radius 2 is 1.71 bits per heavy atom. The van der Waals surface area contributed by atoms with Crippen molar-refractivity contribution in [2.75, 3.05) is 5.75 Å². The molecular formula is C20H22N2OS. The summed E-state index contributed by atoms with van der Waals surface area (Å²) in [5.74, 6) is 0.688. The lowest BCUT2D eigenvalue weighted by Gasteiger charge is -2.16. The van der Waals surface area contributed by atoms with Gasteiger partial charge in [0.05, 0.1) is 23.3 Å². The number of imidazole rings is 1. The summed E-state index contributed by atoms with van der Waals surface area (Å²) in [6.07, 6.45) is 0. The monoisotopic (exact) mass is 338 g/mol. The molecule has 0 radical (unpaired) electrons. The van der Waals surface area contributed by atoms with E-state index >= 15 is 0 Å². The fourth-order valence-electron chi connectivity index (χ4n) is 2.43. The summed E-state index contributed by atoms with van der Waals surface area (Å²) in [4.78, 5) is 17.0. The summed E-state index contributed by atoms with van der Waals surface area (Å²) in [5, 5.41) is 0.901. The van der Waals surface area contributed by atoms with Gasteiger partial charge in [-0.25, -0.2) is 4.98 Å². The first kappa shape index (κ1) is 16.8. The Kier molecular flexibility index (Phi) is 4.76. The molecule has 4 heteroatoms. The third kappa shape index (κ3) is 3.70. The average Bonchev–Trinajstić information content (AvgIpc) is 2.90. The third-order valence-electron chi connectivity index (χ3n) is 3.97. The van der Waals surface area contributed by atoms with Crippen LogP contribution in [-0.4, -0.2) is 21.1 Å². The molecule has 124 valence electrons. The number of hydrogen-bond donors (Lipinski definition) is 0. The summed E-state index contributed by atoms with van der Waals surface area (Å²) >= 11 is 1.53. The molecule has 1 heterocycles. The highest BCUT2D eigenvalue weighted by Gasteiger charge is 2.22. The average molecular weight is 338 g/mol. The number of Topliss-reactive ketones (excluding diaryl/α,β-unsaturated/α-hetero) is 1. The second kappa shape index (κ2) is 6.81. The topological polar surface area (TPSA) is 34.9 Å². The molecule has 0 saturated heterocycles. The molecule has 1 aromatic heterocycles. The predicted octanol–water partition coefficient (Wildman–Crippen LogP) is 4.79. The van der Waals surface area contributed by atoms with E-state index in [-0.39, 0.29) is 11.2 Å². The lowest BCUT2D eigenvalue weighted by Crippen LogP contribution is -2.22. The molecule has 0 bridgehead atoms. The second-order valence-electron chi connectivity index (χ2n) is 6.92. The number of rotatable bonds is 5. The van der Waals surface area contributed by atoms with Crippen molar-refractivity contribution in [3.63, 3.8) is 0 Å². The quantitative estimate of drug-likeness (QED) is 0.627. The lowest BCUT2D eigenvalue weighted by molar-refractivity contribution is -0.123. The lowest BCUT2D eigenvalue weighted by atomic mass is 9.92. The van der Waals surface area contributed by atoms with Gasteiger partial charge in [-0.05, 0) is 17.7 Å². The maximum Gasteiger partial charge on any atom is 0.169 e. The van der Waals surface area contributed by atoms with Crippen LogP contribution < -0.4 is 0 Å². The van der Waals surface area contributed by atoms with E-state index in [0.717, 1.165) is 22.7 Å². The Morgan fingerprint density at radius 3 is 2.42 bits per heavy atom. The van der Waals surface area contributed by atoms with E-state index in [9.17, 15) is 4.79 Å². The van der Waals surface area contributed by atoms with Crippen molar-refractivity contribution in [1.29, 1.82) is 0 Å². The van der Waals surface area contributed by atoms with Crippen molar-refractivity contribution in [3.05, 3.63) is 60.2 Å². The number of carbonyl (C=O) groups excluding carboxylic acids is 1. The smallest absolute Gasteiger partial charge is 0.169 e. The molecule has 3 aromatic rings. The molecule has 0 unspecified atom stereocenters. The molecular weight excluding hydrogens is 316 g/mol. The van der Waals surface area contributed by atoms with Gasteiger partial charge in [-0.2, -0.15) is 0 Å². The molecule has 3 rings (SSSR count). The highest BCUT2D eigenvalue weighted by molar-refractivity contribution is 7.99. The summed E-state index contributed by atoms with van der Waals surface area (Å²) < 4.78 is 2.20. The number of aromatic nitrogens is 2. The van der Waals surface area contributed by atoms with Gasteiger partial charge in [-0.1, -0.05) is 75.0 Å². The Labute approximate surface area is 147 Å². The van der Waals surface area contributed by atoms with Crippen molar-refractivity contribution in [3.8, 4) is 0 Å². The minimum absolute atomic E-state index is 0.241. The number of para-hydroxylation sites is 2. The Bertz CT molecular complexity index is 847. The fourth-order valence-corrected chi connectivity index (χ4v) is 3.60. The maximum atomic E-state index is 12.3. The standard InChI is InChI=1S/C20H22N2OS/c1-20(2,3)18(23)14-24-19-21-16-11-7-8-12-17(16)22(19)13-15-9-5-4-6-10-15/h4-12H,13-14H2,1-3H3. The maximum absolute atomic E-state index is 12.3. The first-order valence-corrected chi connectivity index (χ1v) is 9.09. The van der Waals surface area contributed by atoms with Crippen LogP contribution in [0.25, 0.3) is 11.0 Å². The summed E-state index contributed by atoms with van der Waals surface area (Å²) in [6, 6.07) is 18.5. The number of ketones is 1. The van der Waals surface area contributed by atoms with E-state index in [1.807, 2.05) is 57.2 Å². The van der Waals surface area contributed by atoms with E-state index in [2.05, 4.69) is 22.8 Å². The van der Waals surface area contributed by atoms with Gasteiger partial charge in [0.25, 0.3) is 0 Å². The molecule has 0 spiro atoms. The van der Waals surface area contributed by atoms with Crippen molar-refractivity contribution < 1.29 is 4.79 Å². The Morgan fingerprint density at radius 1 is 1.04 bits per heavy atom. The van der Waals surface area contributed by atoms with Gasteiger partial charge in [0.2, 0.25) is 0 Å². The number of carbonyl (C=O) groups is 1. The third-order valence-corrected chi connectivity index (χ3v) is 4.95. The largest absolute Gasteiger partial charge is 0.314 e. The SMILES string of the molecule is CC(C)(C)C(=O)CSc1nc2ccccc2n1Cc1ccccc1. The molecule has 24 heavy (non-hydrogen) atoms. The van der Waals surface area contributed by atoms with Crippen molar-refractivity contribution in [2.45, 2.75) is 32.5 Å². The minimum Gasteiger partial charge on any atom is -0.314 e. The molecule has 0 aliphatic heterocycles. The number of benzene rings is 2. The number of hydrogen-bond acceptors (Lipinski definition) is 3. The van der Waals surface area contributed by atoms with Crippen LogP contribution in [0.5, 0.6) is 0 Å². The fraction of sp³-hybridized carbons (Fsp3) is 0.300. The van der Waals surface area contributed by atoms with Gasteiger partial charge in [0.1, 0.15) is 5.78 Å². The molecule has 2 aromatic carbocycles. The van der Waals surface area contributed by atoms with Crippen LogP contribution in [0.3, 0.4) is 0 Å². The van der Waals surface area contributed by atoms with E-state index < -0.39 is 0 Å². The van der Waals surface area contributed by atoms with Gasteiger partial charge in [0.15, 0.2) is 5.16 Å². The molecule has 0 aliphatic rings. The Balaban J connectivity index is 1.92. The van der Waals surface area contributed by atoms with Gasteiger partial charge < -0.3 is 4.57 Å². The van der Waals surface area contributed by atoms with E-state index in [0.29, 0.717) is 5.75 Å². The van der Waals surface area contributed by atoms with Crippen molar-refractivity contribution >= 4 is 28.6 Å². The van der Waals surface area contributed by atoms with Gasteiger partial charge in [0, 0.05) is 5.41 Å². The van der Waals surface area contributed by atoms with E-state index in [1.54, 1.807) is 0 Å². The van der Waals surface area contributed by atoms with E-state index in [1.165, 1.54) is 17.3 Å². The summed E-state index contributed by atoms with van der Waals surface area (Å²) in [6.45, 7) is 6.64. The van der Waals surface area contributed by atoms with Crippen LogP contribution in [0.2, 0.25) is 0 Å². The normalized spacial score (nSPS) is 11.8. The van der Waals surface area contributed by atoms with Crippen molar-refractivity contribution in [1.82, 2.24) is 9.55 Å². The van der Waals surface area contributed by atoms with E-state index in [4.69, 9.17) is 4.98 Å². The minimum atomic E-state index is -0.316. The van der Waals surface area contributed by atoms with Gasteiger partial charge in [-0.3, -0.25) is 4.79 Å². The molecule has 0 saturated carbocycles. The predicted molar refractivity (Wildman–Crippen MR) is 100 cm³/mol. The van der Waals surface area contributed by atoms with Crippen LogP contribution in [0, 0.1) is 5.41 Å². The van der Waals surface area contributed by atoms with Crippen LogP contribution in [0.1, 0.15) is 26.3 Å².